The van der Waals surface area contributed by atoms with Crippen molar-refractivity contribution in [1.29, 1.82) is 0 Å². The second kappa shape index (κ2) is 7.22. The third-order valence-electron chi connectivity index (χ3n) is 3.91. The molecule has 0 fully saturated rings. The maximum atomic E-state index is 12.2. The molecule has 1 aromatic heterocycles. The fourth-order valence-electron chi connectivity index (χ4n) is 2.45. The molecular formula is C17H24N4O. The molecule has 0 aliphatic rings. The Hall–Kier alpha value is -2.14. The molecule has 0 saturated carbocycles. The number of hydrogen-bond donors (Lipinski definition) is 1. The number of benzene rings is 1. The highest BCUT2D eigenvalue weighted by molar-refractivity contribution is 5.92. The van der Waals surface area contributed by atoms with E-state index in [1.165, 1.54) is 11.1 Å². The molecule has 2 rings (SSSR count). The van der Waals surface area contributed by atoms with Gasteiger partial charge in [-0.1, -0.05) is 31.2 Å². The van der Waals surface area contributed by atoms with Gasteiger partial charge in [0.25, 0.3) is 5.91 Å². The van der Waals surface area contributed by atoms with Crippen molar-refractivity contribution in [2.24, 2.45) is 7.05 Å². The number of carbonyl (C=O) groups is 1. The van der Waals surface area contributed by atoms with Gasteiger partial charge in [0.15, 0.2) is 0 Å². The van der Waals surface area contributed by atoms with Gasteiger partial charge in [0.2, 0.25) is 0 Å². The molecule has 0 saturated heterocycles. The van der Waals surface area contributed by atoms with Gasteiger partial charge in [-0.15, -0.1) is 0 Å². The molecular weight excluding hydrogens is 276 g/mol. The second-order valence-corrected chi connectivity index (χ2v) is 5.62. The fraction of sp³-hybridized carbons (Fsp3) is 0.412. The van der Waals surface area contributed by atoms with E-state index in [0.29, 0.717) is 12.2 Å². The van der Waals surface area contributed by atoms with Crippen LogP contribution in [0.15, 0.2) is 36.5 Å². The monoisotopic (exact) mass is 300 g/mol. The molecule has 0 unspecified atom stereocenters. The summed E-state index contributed by atoms with van der Waals surface area (Å²) < 4.78 is 1.58. The van der Waals surface area contributed by atoms with E-state index in [1.807, 2.05) is 14.1 Å². The van der Waals surface area contributed by atoms with Gasteiger partial charge in [-0.3, -0.25) is 9.48 Å². The van der Waals surface area contributed by atoms with E-state index in [2.05, 4.69) is 46.5 Å². The van der Waals surface area contributed by atoms with Crippen molar-refractivity contribution in [2.75, 3.05) is 20.6 Å². The van der Waals surface area contributed by atoms with Crippen LogP contribution in [0, 0.1) is 0 Å². The molecule has 5 nitrogen and oxygen atoms in total. The highest BCUT2D eigenvalue weighted by Gasteiger charge is 2.17. The van der Waals surface area contributed by atoms with Crippen molar-refractivity contribution in [3.8, 4) is 0 Å². The zero-order chi connectivity index (χ0) is 16.1. The fourth-order valence-corrected chi connectivity index (χ4v) is 2.45. The summed E-state index contributed by atoms with van der Waals surface area (Å²) in [7, 11) is 5.81. The molecule has 2 aromatic rings. The zero-order valence-corrected chi connectivity index (χ0v) is 13.7. The first-order valence-electron chi connectivity index (χ1n) is 7.54. The number of amides is 1. The number of carbonyl (C=O) groups excluding carboxylic acids is 1. The van der Waals surface area contributed by atoms with Crippen molar-refractivity contribution in [1.82, 2.24) is 20.0 Å². The molecule has 118 valence electrons. The number of nitrogens with one attached hydrogen (secondary N) is 1. The van der Waals surface area contributed by atoms with Crippen LogP contribution in [0.25, 0.3) is 0 Å². The first kappa shape index (κ1) is 16.2. The summed E-state index contributed by atoms with van der Waals surface area (Å²) in [6.45, 7) is 2.70. The number of hydrogen-bond acceptors (Lipinski definition) is 3. The molecule has 0 aliphatic heterocycles. The third-order valence-corrected chi connectivity index (χ3v) is 3.91. The van der Waals surface area contributed by atoms with Gasteiger partial charge >= 0.3 is 0 Å². The first-order chi connectivity index (χ1) is 10.5. The third kappa shape index (κ3) is 3.74. The van der Waals surface area contributed by atoms with Crippen molar-refractivity contribution < 1.29 is 4.79 Å². The molecule has 0 spiro atoms. The molecule has 1 aromatic carbocycles. The second-order valence-electron chi connectivity index (χ2n) is 5.62. The Morgan fingerprint density at radius 3 is 2.45 bits per heavy atom. The molecule has 0 radical (unpaired) electrons. The summed E-state index contributed by atoms with van der Waals surface area (Å²) in [5.41, 5.74) is 3.09. The van der Waals surface area contributed by atoms with Crippen LogP contribution in [-0.4, -0.2) is 41.2 Å². The molecule has 1 N–H and O–H groups in total. The van der Waals surface area contributed by atoms with Crippen LogP contribution < -0.4 is 5.32 Å². The summed E-state index contributed by atoms with van der Waals surface area (Å²) >= 11 is 0. The van der Waals surface area contributed by atoms with Crippen LogP contribution in [-0.2, 0) is 13.5 Å². The highest BCUT2D eigenvalue weighted by atomic mass is 16.2. The van der Waals surface area contributed by atoms with Crippen LogP contribution >= 0.6 is 0 Å². The summed E-state index contributed by atoms with van der Waals surface area (Å²) in [5, 5.41) is 7.02. The highest BCUT2D eigenvalue weighted by Crippen LogP contribution is 2.18. The summed E-state index contributed by atoms with van der Waals surface area (Å²) in [6.07, 6.45) is 2.66. The van der Waals surface area contributed by atoms with Crippen LogP contribution in [0.3, 0.4) is 0 Å². The lowest BCUT2D eigenvalue weighted by Gasteiger charge is -2.25. The van der Waals surface area contributed by atoms with Gasteiger partial charge < -0.3 is 10.2 Å². The van der Waals surface area contributed by atoms with Gasteiger partial charge in [-0.25, -0.2) is 0 Å². The molecule has 1 atom stereocenters. The Kier molecular flexibility index (Phi) is 5.33. The first-order valence-corrected chi connectivity index (χ1v) is 7.54. The Balaban J connectivity index is 2.05. The minimum atomic E-state index is -0.1000. The SMILES string of the molecule is CCc1ccc([C@@H](CNC(=O)c2ccnn2C)N(C)C)cc1. The van der Waals surface area contributed by atoms with Gasteiger partial charge in [-0.05, 0) is 37.7 Å². The average molecular weight is 300 g/mol. The van der Waals surface area contributed by atoms with Crippen molar-refractivity contribution in [3.05, 3.63) is 53.3 Å². The van der Waals surface area contributed by atoms with E-state index in [9.17, 15) is 4.79 Å². The number of nitrogens with zero attached hydrogens (tertiary/aromatic N) is 3. The number of aryl methyl sites for hydroxylation is 2. The van der Waals surface area contributed by atoms with E-state index in [0.717, 1.165) is 6.42 Å². The molecule has 5 heteroatoms. The van der Waals surface area contributed by atoms with Crippen molar-refractivity contribution in [2.45, 2.75) is 19.4 Å². The largest absolute Gasteiger partial charge is 0.349 e. The number of rotatable bonds is 6. The van der Waals surface area contributed by atoms with Crippen LogP contribution in [0.1, 0.15) is 34.6 Å². The van der Waals surface area contributed by atoms with Crippen molar-refractivity contribution in [3.63, 3.8) is 0 Å². The predicted octanol–water partition coefficient (Wildman–Crippen LogP) is 2.02. The smallest absolute Gasteiger partial charge is 0.269 e. The molecule has 1 amide bonds. The van der Waals surface area contributed by atoms with Crippen LogP contribution in [0.4, 0.5) is 0 Å². The summed E-state index contributed by atoms with van der Waals surface area (Å²) in [5.74, 6) is -0.1000. The maximum absolute atomic E-state index is 12.2. The molecule has 1 heterocycles. The van der Waals surface area contributed by atoms with E-state index < -0.39 is 0 Å². The molecule has 22 heavy (non-hydrogen) atoms. The van der Waals surface area contributed by atoms with Crippen LogP contribution in [0.5, 0.6) is 0 Å². The Morgan fingerprint density at radius 1 is 1.27 bits per heavy atom. The van der Waals surface area contributed by atoms with Crippen LogP contribution in [0.2, 0.25) is 0 Å². The maximum Gasteiger partial charge on any atom is 0.269 e. The van der Waals surface area contributed by atoms with E-state index in [-0.39, 0.29) is 11.9 Å². The molecule has 0 bridgehead atoms. The predicted molar refractivity (Wildman–Crippen MR) is 87.8 cm³/mol. The average Bonchev–Trinajstić information content (AvgIpc) is 2.94. The van der Waals surface area contributed by atoms with Gasteiger partial charge in [0, 0.05) is 19.8 Å². The topological polar surface area (TPSA) is 50.2 Å². The van der Waals surface area contributed by atoms with Gasteiger partial charge in [-0.2, -0.15) is 5.10 Å². The lowest BCUT2D eigenvalue weighted by Crippen LogP contribution is -2.35. The summed E-state index contributed by atoms with van der Waals surface area (Å²) in [6, 6.07) is 10.4. The minimum absolute atomic E-state index is 0.1000. The van der Waals surface area contributed by atoms with Gasteiger partial charge in [0.1, 0.15) is 5.69 Å². The lowest BCUT2D eigenvalue weighted by molar-refractivity contribution is 0.0932. The van der Waals surface area contributed by atoms with E-state index in [1.54, 1.807) is 24.0 Å². The molecule has 0 aliphatic carbocycles. The number of likely N-dealkylation sites (N-methyl/N-ethyl adjacent to an activating group) is 1. The van der Waals surface area contributed by atoms with Crippen molar-refractivity contribution >= 4 is 5.91 Å². The van der Waals surface area contributed by atoms with E-state index >= 15 is 0 Å². The van der Waals surface area contributed by atoms with E-state index in [4.69, 9.17) is 0 Å². The quantitative estimate of drug-likeness (QED) is 0.888. The van der Waals surface area contributed by atoms with Gasteiger partial charge in [0.05, 0.1) is 6.04 Å². The minimum Gasteiger partial charge on any atom is -0.349 e. The Morgan fingerprint density at radius 2 is 1.95 bits per heavy atom. The number of aromatic nitrogens is 2. The Bertz CT molecular complexity index is 616. The normalized spacial score (nSPS) is 12.4. The zero-order valence-electron chi connectivity index (χ0n) is 13.7. The standard InChI is InChI=1S/C17H24N4O/c1-5-13-6-8-14(9-7-13)16(20(2)3)12-18-17(22)15-10-11-19-21(15)4/h6-11,16H,5,12H2,1-4H3,(H,18,22)/t16-/m1/s1. The Labute approximate surface area is 131 Å². The lowest BCUT2D eigenvalue weighted by atomic mass is 10.0. The summed E-state index contributed by atoms with van der Waals surface area (Å²) in [4.78, 5) is 14.3.